The second-order valence-electron chi connectivity index (χ2n) is 5.88. The number of esters is 1. The predicted octanol–water partition coefficient (Wildman–Crippen LogP) is 3.72. The summed E-state index contributed by atoms with van der Waals surface area (Å²) in [6, 6.07) is 7.05. The van der Waals surface area contributed by atoms with E-state index in [1.165, 1.54) is 0 Å². The van der Waals surface area contributed by atoms with Crippen molar-refractivity contribution in [2.75, 3.05) is 0 Å². The summed E-state index contributed by atoms with van der Waals surface area (Å²) in [4.78, 5) is 11.9. The Bertz CT molecular complexity index is 418. The molecule has 0 saturated carbocycles. The molecule has 0 aliphatic rings. The molecule has 1 rings (SSSR count). The third-order valence-corrected chi connectivity index (χ3v) is 3.50. The van der Waals surface area contributed by atoms with Gasteiger partial charge in [-0.15, -0.1) is 0 Å². The van der Waals surface area contributed by atoms with Crippen LogP contribution in [0.15, 0.2) is 24.3 Å². The fourth-order valence-corrected chi connectivity index (χ4v) is 1.51. The van der Waals surface area contributed by atoms with Gasteiger partial charge in [-0.25, -0.2) is 0 Å². The number of aliphatic hydroxyl groups excluding tert-OH is 1. The molecule has 0 saturated heterocycles. The lowest BCUT2D eigenvalue weighted by Gasteiger charge is -2.20. The van der Waals surface area contributed by atoms with Gasteiger partial charge in [0, 0.05) is 0 Å². The molecule has 0 radical (unpaired) electrons. The van der Waals surface area contributed by atoms with E-state index in [0.717, 1.165) is 12.0 Å². The summed E-state index contributed by atoms with van der Waals surface area (Å²) in [5.41, 5.74) is 0.361. The Morgan fingerprint density at radius 2 is 1.79 bits per heavy atom. The summed E-state index contributed by atoms with van der Waals surface area (Å²) in [5.74, 6) is 0.450. The van der Waals surface area contributed by atoms with Gasteiger partial charge in [-0.1, -0.05) is 32.9 Å². The first-order valence-corrected chi connectivity index (χ1v) is 6.78. The highest BCUT2D eigenvalue weighted by Crippen LogP contribution is 2.26. The third kappa shape index (κ3) is 4.06. The minimum absolute atomic E-state index is 0.160. The molecule has 0 bridgehead atoms. The molecule has 0 fully saturated rings. The van der Waals surface area contributed by atoms with Crippen LogP contribution in [0.25, 0.3) is 0 Å². The highest BCUT2D eigenvalue weighted by Gasteiger charge is 2.27. The number of hydrogen-bond acceptors (Lipinski definition) is 3. The second-order valence-corrected chi connectivity index (χ2v) is 5.88. The molecule has 0 heterocycles. The van der Waals surface area contributed by atoms with Crippen molar-refractivity contribution in [2.45, 2.75) is 47.1 Å². The van der Waals surface area contributed by atoms with Gasteiger partial charge in [0.2, 0.25) is 0 Å². The first-order chi connectivity index (χ1) is 8.77. The van der Waals surface area contributed by atoms with E-state index in [1.807, 2.05) is 34.6 Å². The van der Waals surface area contributed by atoms with E-state index >= 15 is 0 Å². The molecule has 0 aromatic heterocycles. The van der Waals surface area contributed by atoms with E-state index < -0.39 is 11.5 Å². The molecule has 106 valence electrons. The van der Waals surface area contributed by atoms with Crippen LogP contribution >= 0.6 is 0 Å². The van der Waals surface area contributed by atoms with Crippen LogP contribution in [-0.2, 0) is 4.79 Å². The van der Waals surface area contributed by atoms with E-state index in [9.17, 15) is 9.90 Å². The summed E-state index contributed by atoms with van der Waals surface area (Å²) in [7, 11) is 0. The van der Waals surface area contributed by atoms with Gasteiger partial charge in [-0.3, -0.25) is 4.79 Å². The Hall–Kier alpha value is -1.35. The number of benzene rings is 1. The van der Waals surface area contributed by atoms with Crippen molar-refractivity contribution in [1.82, 2.24) is 0 Å². The number of rotatable bonds is 5. The quantitative estimate of drug-likeness (QED) is 0.651. The molecular weight excluding hydrogens is 240 g/mol. The monoisotopic (exact) mass is 264 g/mol. The van der Waals surface area contributed by atoms with Gasteiger partial charge in [0.25, 0.3) is 0 Å². The number of aliphatic hydroxyl groups is 1. The van der Waals surface area contributed by atoms with Crippen LogP contribution in [0.2, 0.25) is 0 Å². The summed E-state index contributed by atoms with van der Waals surface area (Å²) < 4.78 is 5.34. The van der Waals surface area contributed by atoms with Crippen molar-refractivity contribution in [1.29, 1.82) is 0 Å². The van der Waals surface area contributed by atoms with Crippen molar-refractivity contribution in [3.8, 4) is 5.75 Å². The fourth-order valence-electron chi connectivity index (χ4n) is 1.51. The van der Waals surface area contributed by atoms with Gasteiger partial charge in [0.15, 0.2) is 0 Å². The smallest absolute Gasteiger partial charge is 0.316 e. The molecule has 0 aliphatic carbocycles. The third-order valence-electron chi connectivity index (χ3n) is 3.50. The maximum Gasteiger partial charge on any atom is 0.316 e. The van der Waals surface area contributed by atoms with Crippen molar-refractivity contribution in [3.05, 3.63) is 29.8 Å². The molecule has 1 aromatic rings. The maximum absolute atomic E-state index is 11.9. The SMILES string of the molecule is CCC(C)(C)C(=O)Oc1ccc(C(O)C(C)C)cc1. The predicted molar refractivity (Wildman–Crippen MR) is 75.9 cm³/mol. The van der Waals surface area contributed by atoms with Crippen LogP contribution in [0.5, 0.6) is 5.75 Å². The molecule has 3 heteroatoms. The normalized spacial score (nSPS) is 13.4. The van der Waals surface area contributed by atoms with Crippen molar-refractivity contribution < 1.29 is 14.6 Å². The minimum Gasteiger partial charge on any atom is -0.426 e. The minimum atomic E-state index is -0.489. The number of carbonyl (C=O) groups excluding carboxylic acids is 1. The lowest BCUT2D eigenvalue weighted by molar-refractivity contribution is -0.144. The Labute approximate surface area is 115 Å². The number of hydrogen-bond donors (Lipinski definition) is 1. The van der Waals surface area contributed by atoms with E-state index in [2.05, 4.69) is 0 Å². The summed E-state index contributed by atoms with van der Waals surface area (Å²) in [5, 5.41) is 9.93. The zero-order valence-corrected chi connectivity index (χ0v) is 12.4. The molecule has 0 spiro atoms. The van der Waals surface area contributed by atoms with E-state index in [-0.39, 0.29) is 11.9 Å². The Kier molecular flexibility index (Phi) is 5.12. The standard InChI is InChI=1S/C16H24O3/c1-6-16(4,5)15(18)19-13-9-7-12(8-10-13)14(17)11(2)3/h7-11,14,17H,6H2,1-5H3. The highest BCUT2D eigenvalue weighted by molar-refractivity contribution is 5.78. The molecular formula is C16H24O3. The van der Waals surface area contributed by atoms with Gasteiger partial charge in [0.05, 0.1) is 11.5 Å². The molecule has 1 N–H and O–H groups in total. The van der Waals surface area contributed by atoms with Crippen LogP contribution in [0.3, 0.4) is 0 Å². The lowest BCUT2D eigenvalue weighted by Crippen LogP contribution is -2.28. The Morgan fingerprint density at radius 3 is 2.21 bits per heavy atom. The molecule has 0 amide bonds. The van der Waals surface area contributed by atoms with Gasteiger partial charge >= 0.3 is 5.97 Å². The van der Waals surface area contributed by atoms with Crippen LogP contribution in [-0.4, -0.2) is 11.1 Å². The molecule has 3 nitrogen and oxygen atoms in total. The topological polar surface area (TPSA) is 46.5 Å². The second kappa shape index (κ2) is 6.20. The van der Waals surface area contributed by atoms with Gasteiger partial charge in [0.1, 0.15) is 5.75 Å². The van der Waals surface area contributed by atoms with Crippen molar-refractivity contribution in [2.24, 2.45) is 11.3 Å². The molecule has 1 aromatic carbocycles. The number of ether oxygens (including phenoxy) is 1. The number of carbonyl (C=O) groups is 1. The van der Waals surface area contributed by atoms with Crippen molar-refractivity contribution >= 4 is 5.97 Å². The van der Waals surface area contributed by atoms with E-state index in [0.29, 0.717) is 5.75 Å². The first kappa shape index (κ1) is 15.7. The average Bonchev–Trinajstić information content (AvgIpc) is 2.38. The maximum atomic E-state index is 11.9. The Balaban J connectivity index is 2.75. The van der Waals surface area contributed by atoms with Crippen LogP contribution in [0, 0.1) is 11.3 Å². The van der Waals surface area contributed by atoms with E-state index in [4.69, 9.17) is 4.74 Å². The lowest BCUT2D eigenvalue weighted by atomic mass is 9.91. The summed E-state index contributed by atoms with van der Waals surface area (Å²) in [6.07, 6.45) is 0.243. The summed E-state index contributed by atoms with van der Waals surface area (Å²) in [6.45, 7) is 9.62. The largest absolute Gasteiger partial charge is 0.426 e. The molecule has 19 heavy (non-hydrogen) atoms. The highest BCUT2D eigenvalue weighted by atomic mass is 16.5. The van der Waals surface area contributed by atoms with Gasteiger partial charge in [-0.2, -0.15) is 0 Å². The zero-order valence-electron chi connectivity index (χ0n) is 12.4. The van der Waals surface area contributed by atoms with Gasteiger partial charge in [-0.05, 0) is 43.9 Å². The molecule has 0 aliphatic heterocycles. The average molecular weight is 264 g/mol. The van der Waals surface area contributed by atoms with Gasteiger partial charge < -0.3 is 9.84 Å². The summed E-state index contributed by atoms with van der Waals surface area (Å²) >= 11 is 0. The van der Waals surface area contributed by atoms with Crippen LogP contribution in [0.4, 0.5) is 0 Å². The van der Waals surface area contributed by atoms with E-state index in [1.54, 1.807) is 24.3 Å². The molecule has 1 atom stereocenters. The van der Waals surface area contributed by atoms with Crippen LogP contribution < -0.4 is 4.74 Å². The zero-order chi connectivity index (χ0) is 14.6. The molecule has 1 unspecified atom stereocenters. The van der Waals surface area contributed by atoms with Crippen LogP contribution in [0.1, 0.15) is 52.7 Å². The first-order valence-electron chi connectivity index (χ1n) is 6.78. The van der Waals surface area contributed by atoms with Crippen molar-refractivity contribution in [3.63, 3.8) is 0 Å². The Morgan fingerprint density at radius 1 is 1.26 bits per heavy atom. The fraction of sp³-hybridized carbons (Fsp3) is 0.562.